The van der Waals surface area contributed by atoms with Crippen LogP contribution in [-0.2, 0) is 0 Å². The number of hydrogen-bond donors (Lipinski definition) is 2. The predicted molar refractivity (Wildman–Crippen MR) is 263 cm³/mol. The van der Waals surface area contributed by atoms with Crippen LogP contribution < -0.4 is 0 Å². The van der Waals surface area contributed by atoms with Crippen molar-refractivity contribution in [2.75, 3.05) is 0 Å². The first-order chi connectivity index (χ1) is 32.7. The molecule has 2 N–H and O–H groups in total. The molecular formula is C57H35N7. The van der Waals surface area contributed by atoms with Crippen LogP contribution in [0.3, 0.4) is 0 Å². The highest BCUT2D eigenvalue weighted by Gasteiger charge is 2.26. The van der Waals surface area contributed by atoms with Crippen LogP contribution in [0.25, 0.3) is 144 Å². The molecule has 0 unspecified atom stereocenters. The molecule has 0 saturated heterocycles. The van der Waals surface area contributed by atoms with E-state index >= 15 is 0 Å². The fourth-order valence-electron chi connectivity index (χ4n) is 10.0. The number of rotatable bonds is 1. The van der Waals surface area contributed by atoms with E-state index in [2.05, 4.69) is 107 Å². The predicted octanol–water partition coefficient (Wildman–Crippen LogP) is 14.4. The summed E-state index contributed by atoms with van der Waals surface area (Å²) in [4.78, 5) is 34.6. The molecule has 14 rings (SSSR count). The van der Waals surface area contributed by atoms with Gasteiger partial charge in [-0.1, -0.05) is 126 Å². The summed E-state index contributed by atoms with van der Waals surface area (Å²) in [5, 5.41) is 12.0. The van der Waals surface area contributed by atoms with E-state index in [1.165, 1.54) is 0 Å². The molecule has 0 spiro atoms. The van der Waals surface area contributed by atoms with Gasteiger partial charge in [0, 0.05) is 53.5 Å². The molecule has 7 heteroatoms. The summed E-state index contributed by atoms with van der Waals surface area (Å²) in [5.41, 5.74) is 9.20. The normalized spacial score (nSPS) is 13.1. The fraction of sp³-hybridized carbons (Fsp3) is 0.0351. The Morgan fingerprint density at radius 1 is 0.375 bits per heavy atom. The molecule has 0 aliphatic carbocycles. The van der Waals surface area contributed by atoms with Crippen molar-refractivity contribution in [3.05, 3.63) is 175 Å². The molecule has 0 radical (unpaired) electrons. The van der Waals surface area contributed by atoms with Crippen LogP contribution in [0.4, 0.5) is 0 Å². The standard InChI is InChI=1S/C57H35N7/c1-30-19-31(2)21-40(20-30)49-50-41-22-32-11-3-5-13-34(32)24-43(41)52(58-50)60-54-45-26-36-15-7-9-17-38(36)28-47(45)56(62-54)64-57-48-29-39-18-10-8-16-37(39)27-46(48)55(63-57)61-53-44-25-35-14-6-4-12-33(35)23-42(44)51(49)59-53/h3-29H,1-2H3,(H2,58,59,60,61,62,63,64)/i1D3. The largest absolute Gasteiger partial charge is 0.339 e. The summed E-state index contributed by atoms with van der Waals surface area (Å²) in [5.74, 6) is 1.57. The van der Waals surface area contributed by atoms with Crippen LogP contribution in [0.5, 0.6) is 0 Å². The third kappa shape index (κ3) is 5.24. The Hall–Kier alpha value is -8.55. The number of nitrogens with zero attached hydrogens (tertiary/aromatic N) is 5. The van der Waals surface area contributed by atoms with Gasteiger partial charge in [0.1, 0.15) is 16.9 Å². The van der Waals surface area contributed by atoms with Crippen molar-refractivity contribution >= 4 is 87.1 Å². The summed E-state index contributed by atoms with van der Waals surface area (Å²) in [6.07, 6.45) is 0. The molecule has 12 aromatic rings. The minimum Gasteiger partial charge on any atom is -0.339 e. The zero-order valence-electron chi connectivity index (χ0n) is 37.3. The van der Waals surface area contributed by atoms with Crippen LogP contribution >= 0.6 is 0 Å². The molecule has 7 nitrogen and oxygen atoms in total. The number of benzene rings is 9. The maximum absolute atomic E-state index is 8.59. The summed E-state index contributed by atoms with van der Waals surface area (Å²) in [6.45, 7) is -0.419. The Labute approximate surface area is 370 Å². The van der Waals surface area contributed by atoms with E-state index in [-0.39, 0.29) is 5.56 Å². The zero-order chi connectivity index (χ0) is 44.7. The van der Waals surface area contributed by atoms with Gasteiger partial charge in [-0.15, -0.1) is 0 Å². The molecule has 2 aliphatic heterocycles. The third-order valence-corrected chi connectivity index (χ3v) is 13.0. The average molecular weight is 821 g/mol. The molecule has 0 fully saturated rings. The summed E-state index contributed by atoms with van der Waals surface area (Å²) < 4.78 is 25.8. The number of nitrogens with one attached hydrogen (secondary N) is 2. The SMILES string of the molecule is [2H]C([2H])([2H])c1cc(C)cc(-c2c3nc(nc4[nH]c(nc5nc(nc6[nH]c2c2cc7ccccc7cc62)-c2cc6ccccc6cc2-5)c2cc5ccccc5cc42)-c2cc4ccccc4cc2-3)c1. The van der Waals surface area contributed by atoms with Crippen molar-refractivity contribution in [1.29, 1.82) is 0 Å². The van der Waals surface area contributed by atoms with Gasteiger partial charge in [-0.05, 0) is 111 Å². The van der Waals surface area contributed by atoms with Crippen molar-refractivity contribution in [3.8, 4) is 56.5 Å². The van der Waals surface area contributed by atoms with Crippen molar-refractivity contribution < 1.29 is 4.11 Å². The Bertz CT molecular complexity index is 4360. The molecule has 0 saturated carbocycles. The number of aryl methyl sites for hydroxylation is 2. The number of aromatic nitrogens is 7. The van der Waals surface area contributed by atoms with E-state index in [0.717, 1.165) is 104 Å². The highest BCUT2D eigenvalue weighted by Crippen LogP contribution is 2.46. The molecule has 3 aromatic heterocycles. The van der Waals surface area contributed by atoms with Crippen LogP contribution in [0.2, 0.25) is 0 Å². The van der Waals surface area contributed by atoms with E-state index in [0.29, 0.717) is 45.7 Å². The van der Waals surface area contributed by atoms with Crippen molar-refractivity contribution in [2.45, 2.75) is 13.8 Å². The number of fused-ring (bicyclic) bond motifs is 24. The summed E-state index contributed by atoms with van der Waals surface area (Å²) >= 11 is 0. The maximum atomic E-state index is 8.59. The first-order valence-electron chi connectivity index (χ1n) is 22.9. The highest BCUT2D eigenvalue weighted by atomic mass is 15.0. The highest BCUT2D eigenvalue weighted by molar-refractivity contribution is 6.18. The van der Waals surface area contributed by atoms with Gasteiger partial charge >= 0.3 is 0 Å². The smallest absolute Gasteiger partial charge is 0.164 e. The Morgan fingerprint density at radius 3 is 1.27 bits per heavy atom. The zero-order valence-corrected chi connectivity index (χ0v) is 34.3. The Kier molecular flexibility index (Phi) is 6.53. The lowest BCUT2D eigenvalue weighted by molar-refractivity contribution is 1.21. The monoisotopic (exact) mass is 820 g/mol. The second-order valence-electron chi connectivity index (χ2n) is 17.0. The van der Waals surface area contributed by atoms with Gasteiger partial charge in [-0.25, -0.2) is 24.9 Å². The average Bonchev–Trinajstić information content (AvgIpc) is 4.06. The molecule has 2 aliphatic rings. The molecule has 64 heavy (non-hydrogen) atoms. The van der Waals surface area contributed by atoms with Crippen molar-refractivity contribution in [3.63, 3.8) is 0 Å². The van der Waals surface area contributed by atoms with Gasteiger partial charge in [0.15, 0.2) is 17.5 Å². The molecule has 298 valence electrons. The van der Waals surface area contributed by atoms with Crippen LogP contribution in [-0.4, -0.2) is 34.9 Å². The molecule has 5 heterocycles. The van der Waals surface area contributed by atoms with Gasteiger partial charge in [0.05, 0.1) is 11.2 Å². The summed E-state index contributed by atoms with van der Waals surface area (Å²) in [7, 11) is 0. The van der Waals surface area contributed by atoms with E-state index in [9.17, 15) is 0 Å². The van der Waals surface area contributed by atoms with Crippen LogP contribution in [0, 0.1) is 13.8 Å². The van der Waals surface area contributed by atoms with Gasteiger partial charge in [0.25, 0.3) is 0 Å². The number of H-pyrrole nitrogens is 2. The van der Waals surface area contributed by atoms with Gasteiger partial charge < -0.3 is 9.97 Å². The van der Waals surface area contributed by atoms with Crippen LogP contribution in [0.15, 0.2) is 164 Å². The lowest BCUT2D eigenvalue weighted by Gasteiger charge is -2.11. The first-order valence-corrected chi connectivity index (χ1v) is 21.4. The van der Waals surface area contributed by atoms with Gasteiger partial charge in [0.2, 0.25) is 0 Å². The second kappa shape index (κ2) is 13.0. The second-order valence-corrected chi connectivity index (χ2v) is 17.0. The van der Waals surface area contributed by atoms with Crippen molar-refractivity contribution in [2.24, 2.45) is 0 Å². The number of aromatic amines is 2. The van der Waals surface area contributed by atoms with Gasteiger partial charge in [-0.3, -0.25) is 0 Å². The third-order valence-electron chi connectivity index (χ3n) is 13.0. The molecule has 8 bridgehead atoms. The maximum Gasteiger partial charge on any atom is 0.164 e. The van der Waals surface area contributed by atoms with Gasteiger partial charge in [-0.2, -0.15) is 0 Å². The lowest BCUT2D eigenvalue weighted by atomic mass is 9.93. The van der Waals surface area contributed by atoms with E-state index in [4.69, 9.17) is 29.0 Å². The minimum absolute atomic E-state index is 0.244. The Balaban J connectivity index is 1.24. The fourth-order valence-corrected chi connectivity index (χ4v) is 10.0. The quantitative estimate of drug-likeness (QED) is 0.172. The lowest BCUT2D eigenvalue weighted by Crippen LogP contribution is -1.89. The molecule has 0 amide bonds. The summed E-state index contributed by atoms with van der Waals surface area (Å²) in [6, 6.07) is 56.1. The molecular weight excluding hydrogens is 783 g/mol. The minimum atomic E-state index is -2.36. The van der Waals surface area contributed by atoms with E-state index in [1.54, 1.807) is 12.1 Å². The van der Waals surface area contributed by atoms with E-state index < -0.39 is 6.85 Å². The first kappa shape index (κ1) is 32.2. The topological polar surface area (TPSA) is 96.0 Å². The number of hydrogen-bond acceptors (Lipinski definition) is 5. The van der Waals surface area contributed by atoms with Crippen molar-refractivity contribution in [1.82, 2.24) is 34.9 Å². The van der Waals surface area contributed by atoms with Crippen LogP contribution in [0.1, 0.15) is 15.2 Å². The Morgan fingerprint density at radius 2 is 0.766 bits per heavy atom. The molecule has 0 atom stereocenters. The molecule has 9 aromatic carbocycles. The van der Waals surface area contributed by atoms with E-state index in [1.807, 2.05) is 61.5 Å².